The van der Waals surface area contributed by atoms with Gasteiger partial charge in [-0.05, 0) is 6.92 Å². The van der Waals surface area contributed by atoms with E-state index in [1.165, 1.54) is 18.4 Å². The maximum atomic E-state index is 11.5. The molecular weight excluding hydrogens is 252 g/mol. The Morgan fingerprint density at radius 1 is 1.62 bits per heavy atom. The first kappa shape index (κ1) is 13.1. The molecule has 0 saturated heterocycles. The minimum absolute atomic E-state index is 0.0972. The van der Waals surface area contributed by atoms with E-state index in [9.17, 15) is 13.2 Å². The lowest BCUT2D eigenvalue weighted by atomic mass is 10.5. The number of aromatic nitrogens is 1. The average Bonchev–Trinajstić information content (AvgIpc) is 2.48. The normalized spacial score (nSPS) is 11.9. The van der Waals surface area contributed by atoms with Crippen LogP contribution in [0, 0.1) is 6.92 Å². The van der Waals surface area contributed by atoms with Crippen LogP contribution in [0.15, 0.2) is 5.38 Å². The molecule has 0 bridgehead atoms. The van der Waals surface area contributed by atoms with Crippen molar-refractivity contribution in [1.82, 2.24) is 9.29 Å². The van der Waals surface area contributed by atoms with Crippen LogP contribution in [0.3, 0.4) is 0 Å². The first-order valence-corrected chi connectivity index (χ1v) is 6.87. The molecule has 0 aliphatic heterocycles. The van der Waals surface area contributed by atoms with Crippen LogP contribution in [-0.2, 0) is 21.4 Å². The van der Waals surface area contributed by atoms with Gasteiger partial charge >= 0.3 is 5.97 Å². The largest absolute Gasteiger partial charge is 0.480 e. The summed E-state index contributed by atoms with van der Waals surface area (Å²) >= 11 is 1.42. The second-order valence-electron chi connectivity index (χ2n) is 3.26. The van der Waals surface area contributed by atoms with E-state index in [-0.39, 0.29) is 6.54 Å². The first-order chi connectivity index (χ1) is 7.31. The minimum atomic E-state index is -3.75. The van der Waals surface area contributed by atoms with E-state index in [2.05, 4.69) is 4.98 Å². The highest BCUT2D eigenvalue weighted by Gasteiger charge is 2.22. The van der Waals surface area contributed by atoms with E-state index in [0.717, 1.165) is 9.31 Å². The van der Waals surface area contributed by atoms with Gasteiger partial charge in [0.15, 0.2) is 5.75 Å². The molecule has 1 aromatic heterocycles. The Kier molecular flexibility index (Phi) is 4.00. The molecule has 0 unspecified atom stereocenters. The van der Waals surface area contributed by atoms with Gasteiger partial charge in [-0.15, -0.1) is 11.3 Å². The predicted molar refractivity (Wildman–Crippen MR) is 59.7 cm³/mol. The van der Waals surface area contributed by atoms with Crippen molar-refractivity contribution < 1.29 is 18.3 Å². The van der Waals surface area contributed by atoms with Gasteiger partial charge in [0.1, 0.15) is 0 Å². The molecule has 0 aliphatic rings. The Morgan fingerprint density at radius 3 is 2.69 bits per heavy atom. The van der Waals surface area contributed by atoms with Crippen LogP contribution in [0.25, 0.3) is 0 Å². The van der Waals surface area contributed by atoms with Gasteiger partial charge in [0, 0.05) is 12.4 Å². The third-order valence-electron chi connectivity index (χ3n) is 1.83. The molecule has 0 fully saturated rings. The Balaban J connectivity index is 2.72. The minimum Gasteiger partial charge on any atom is -0.480 e. The number of thiazole rings is 1. The highest BCUT2D eigenvalue weighted by atomic mass is 32.2. The molecule has 1 heterocycles. The standard InChI is InChI=1S/C8H12N2O4S2/c1-6-9-7(4-15-6)3-10(2)16(13,14)5-8(11)12/h4H,3,5H2,1-2H3,(H,11,12). The van der Waals surface area contributed by atoms with Crippen LogP contribution in [0.5, 0.6) is 0 Å². The van der Waals surface area contributed by atoms with Gasteiger partial charge in [-0.25, -0.2) is 13.4 Å². The first-order valence-electron chi connectivity index (χ1n) is 4.38. The zero-order valence-electron chi connectivity index (χ0n) is 8.87. The smallest absolute Gasteiger partial charge is 0.320 e. The van der Waals surface area contributed by atoms with E-state index in [1.54, 1.807) is 5.38 Å². The van der Waals surface area contributed by atoms with E-state index in [0.29, 0.717) is 5.69 Å². The maximum Gasteiger partial charge on any atom is 0.320 e. The molecule has 0 spiro atoms. The average molecular weight is 264 g/mol. The van der Waals surface area contributed by atoms with Crippen LogP contribution in [0.2, 0.25) is 0 Å². The number of nitrogens with zero attached hydrogens (tertiary/aromatic N) is 2. The number of sulfonamides is 1. The molecule has 16 heavy (non-hydrogen) atoms. The van der Waals surface area contributed by atoms with Crippen LogP contribution in [0.1, 0.15) is 10.7 Å². The molecule has 0 radical (unpaired) electrons. The fraction of sp³-hybridized carbons (Fsp3) is 0.500. The van der Waals surface area contributed by atoms with Gasteiger partial charge in [0.05, 0.1) is 17.2 Å². The second kappa shape index (κ2) is 4.89. The van der Waals surface area contributed by atoms with Gasteiger partial charge in [-0.2, -0.15) is 4.31 Å². The lowest BCUT2D eigenvalue weighted by molar-refractivity contribution is -0.134. The lowest BCUT2D eigenvalue weighted by Gasteiger charge is -2.14. The molecule has 8 heteroatoms. The third-order valence-corrected chi connectivity index (χ3v) is 4.34. The third kappa shape index (κ3) is 3.54. The topological polar surface area (TPSA) is 87.6 Å². The number of hydrogen-bond acceptors (Lipinski definition) is 5. The van der Waals surface area contributed by atoms with Crippen LogP contribution in [-0.4, -0.2) is 41.6 Å². The number of carbonyl (C=O) groups is 1. The molecule has 1 N–H and O–H groups in total. The molecule has 0 aliphatic carbocycles. The number of hydrogen-bond donors (Lipinski definition) is 1. The molecule has 0 aromatic carbocycles. The molecule has 90 valence electrons. The number of carboxylic acids is 1. The predicted octanol–water partition coefficient (Wildman–Crippen LogP) is 0.298. The van der Waals surface area contributed by atoms with Crippen LogP contribution in [0.4, 0.5) is 0 Å². The summed E-state index contributed by atoms with van der Waals surface area (Å²) in [6.07, 6.45) is 0. The quantitative estimate of drug-likeness (QED) is 0.826. The van der Waals surface area contributed by atoms with Crippen molar-refractivity contribution in [2.75, 3.05) is 12.8 Å². The fourth-order valence-electron chi connectivity index (χ4n) is 1.07. The summed E-state index contributed by atoms with van der Waals surface area (Å²) < 4.78 is 23.9. The van der Waals surface area contributed by atoms with E-state index in [4.69, 9.17) is 5.11 Å². The zero-order chi connectivity index (χ0) is 12.3. The lowest BCUT2D eigenvalue weighted by Crippen LogP contribution is -2.31. The monoisotopic (exact) mass is 264 g/mol. The molecule has 1 aromatic rings. The number of aryl methyl sites for hydroxylation is 1. The fourth-order valence-corrected chi connectivity index (χ4v) is 2.54. The van der Waals surface area contributed by atoms with E-state index in [1.807, 2.05) is 6.92 Å². The molecule has 0 atom stereocenters. The molecular formula is C8H12N2O4S2. The van der Waals surface area contributed by atoms with Gasteiger partial charge in [-0.3, -0.25) is 4.79 Å². The number of aliphatic carboxylic acids is 1. The maximum absolute atomic E-state index is 11.5. The van der Waals surface area contributed by atoms with Crippen molar-refractivity contribution in [2.24, 2.45) is 0 Å². The SMILES string of the molecule is Cc1nc(CN(C)S(=O)(=O)CC(=O)O)cs1. The second-order valence-corrected chi connectivity index (χ2v) is 6.40. The summed E-state index contributed by atoms with van der Waals surface area (Å²) in [6, 6.07) is 0. The van der Waals surface area contributed by atoms with Crippen molar-refractivity contribution >= 4 is 27.3 Å². The van der Waals surface area contributed by atoms with Gasteiger partial charge in [0.2, 0.25) is 10.0 Å². The van der Waals surface area contributed by atoms with E-state index < -0.39 is 21.7 Å². The van der Waals surface area contributed by atoms with Crippen LogP contribution < -0.4 is 0 Å². The van der Waals surface area contributed by atoms with Gasteiger partial charge < -0.3 is 5.11 Å². The Labute approximate surface area is 97.6 Å². The summed E-state index contributed by atoms with van der Waals surface area (Å²) in [4.78, 5) is 14.5. The van der Waals surface area contributed by atoms with E-state index >= 15 is 0 Å². The molecule has 0 saturated carbocycles. The van der Waals surface area contributed by atoms with Crippen LogP contribution >= 0.6 is 11.3 Å². The Hall–Kier alpha value is -0.990. The number of rotatable bonds is 5. The highest BCUT2D eigenvalue weighted by Crippen LogP contribution is 2.11. The highest BCUT2D eigenvalue weighted by molar-refractivity contribution is 7.89. The molecule has 1 rings (SSSR count). The van der Waals surface area contributed by atoms with Crippen molar-refractivity contribution in [2.45, 2.75) is 13.5 Å². The summed E-state index contributed by atoms with van der Waals surface area (Å²) in [6.45, 7) is 1.92. The Bertz CT molecular complexity index is 480. The van der Waals surface area contributed by atoms with Crippen molar-refractivity contribution in [3.63, 3.8) is 0 Å². The summed E-state index contributed by atoms with van der Waals surface area (Å²) in [5.41, 5.74) is 0.624. The molecule has 6 nitrogen and oxygen atoms in total. The van der Waals surface area contributed by atoms with Crippen molar-refractivity contribution in [3.05, 3.63) is 16.1 Å². The Morgan fingerprint density at radius 2 is 2.25 bits per heavy atom. The van der Waals surface area contributed by atoms with Crippen molar-refractivity contribution in [1.29, 1.82) is 0 Å². The molecule has 0 amide bonds. The van der Waals surface area contributed by atoms with Gasteiger partial charge in [-0.1, -0.05) is 0 Å². The summed E-state index contributed by atoms with van der Waals surface area (Å²) in [7, 11) is -2.41. The van der Waals surface area contributed by atoms with Gasteiger partial charge in [0.25, 0.3) is 0 Å². The van der Waals surface area contributed by atoms with Crippen molar-refractivity contribution in [3.8, 4) is 0 Å². The zero-order valence-corrected chi connectivity index (χ0v) is 10.5. The summed E-state index contributed by atoms with van der Waals surface area (Å²) in [5, 5.41) is 11.0. The summed E-state index contributed by atoms with van der Waals surface area (Å²) in [5.74, 6) is -2.26. The number of carboxylic acid groups (broad SMARTS) is 1.